The second-order valence-corrected chi connectivity index (χ2v) is 6.20. The monoisotopic (exact) mass is 271 g/mol. The molecule has 0 aromatic heterocycles. The fourth-order valence-electron chi connectivity index (χ4n) is 2.79. The number of benzene rings is 1. The maximum absolute atomic E-state index is 4.76. The summed E-state index contributed by atoms with van der Waals surface area (Å²) in [5.41, 5.74) is 1.47. The molecule has 0 radical (unpaired) electrons. The highest BCUT2D eigenvalue weighted by Crippen LogP contribution is 2.47. The summed E-state index contributed by atoms with van der Waals surface area (Å²) < 4.78 is 0. The molecule has 108 valence electrons. The molecule has 2 aliphatic rings. The smallest absolute Gasteiger partial charge is 0.191 e. The van der Waals surface area contributed by atoms with Crippen molar-refractivity contribution in [1.29, 1.82) is 0 Å². The topological polar surface area (TPSA) is 36.4 Å². The average molecular weight is 271 g/mol. The van der Waals surface area contributed by atoms with Crippen LogP contribution in [0, 0.1) is 11.8 Å². The highest BCUT2D eigenvalue weighted by Gasteiger charge is 2.38. The molecule has 2 aliphatic carbocycles. The number of aliphatic imine (C=N–C) groups is 1. The van der Waals surface area contributed by atoms with Crippen LogP contribution in [-0.2, 0) is 0 Å². The molecular formula is C17H25N3. The molecule has 0 bridgehead atoms. The van der Waals surface area contributed by atoms with Crippen molar-refractivity contribution in [3.05, 3.63) is 35.9 Å². The van der Waals surface area contributed by atoms with Gasteiger partial charge in [-0.25, -0.2) is 0 Å². The van der Waals surface area contributed by atoms with Gasteiger partial charge in [0.25, 0.3) is 0 Å². The van der Waals surface area contributed by atoms with Crippen molar-refractivity contribution in [2.24, 2.45) is 16.8 Å². The summed E-state index contributed by atoms with van der Waals surface area (Å²) >= 11 is 0. The third-order valence-corrected chi connectivity index (χ3v) is 4.41. The van der Waals surface area contributed by atoms with Crippen molar-refractivity contribution in [1.82, 2.24) is 10.6 Å². The Morgan fingerprint density at radius 1 is 1.25 bits per heavy atom. The van der Waals surface area contributed by atoms with E-state index in [1.54, 1.807) is 0 Å². The van der Waals surface area contributed by atoms with Gasteiger partial charge in [-0.15, -0.1) is 0 Å². The Kier molecular flexibility index (Phi) is 3.95. The molecule has 0 amide bonds. The first kappa shape index (κ1) is 13.5. The molecule has 1 aromatic rings. The molecular weight excluding hydrogens is 246 g/mol. The Bertz CT molecular complexity index is 468. The van der Waals surface area contributed by atoms with Crippen molar-refractivity contribution in [2.45, 2.75) is 38.6 Å². The van der Waals surface area contributed by atoms with Gasteiger partial charge >= 0.3 is 0 Å². The minimum Gasteiger partial charge on any atom is -0.357 e. The zero-order chi connectivity index (χ0) is 13.9. The van der Waals surface area contributed by atoms with E-state index in [4.69, 9.17) is 4.99 Å². The lowest BCUT2D eigenvalue weighted by molar-refractivity contribution is 0.746. The Morgan fingerprint density at radius 3 is 2.65 bits per heavy atom. The molecule has 0 heterocycles. The van der Waals surface area contributed by atoms with Gasteiger partial charge in [0, 0.05) is 19.1 Å². The summed E-state index contributed by atoms with van der Waals surface area (Å²) in [5, 5.41) is 6.87. The van der Waals surface area contributed by atoms with Crippen LogP contribution in [0.1, 0.15) is 38.2 Å². The van der Waals surface area contributed by atoms with Crippen molar-refractivity contribution >= 4 is 5.96 Å². The molecule has 3 nitrogen and oxygen atoms in total. The Labute approximate surface area is 121 Å². The first-order valence-corrected chi connectivity index (χ1v) is 7.87. The van der Waals surface area contributed by atoms with Crippen LogP contribution < -0.4 is 10.6 Å². The number of nitrogens with zero attached hydrogens (tertiary/aromatic N) is 1. The fourth-order valence-corrected chi connectivity index (χ4v) is 2.79. The molecule has 4 atom stereocenters. The normalized spacial score (nSPS) is 31.8. The molecule has 0 saturated heterocycles. The Balaban J connectivity index is 1.51. The summed E-state index contributed by atoms with van der Waals surface area (Å²) in [7, 11) is 0. The SMILES string of the molecule is CCNC(=NCC1CC1c1ccccc1)NC1CC1C. The van der Waals surface area contributed by atoms with Crippen LogP contribution in [0.3, 0.4) is 0 Å². The van der Waals surface area contributed by atoms with E-state index in [1.807, 2.05) is 0 Å². The van der Waals surface area contributed by atoms with Crippen LogP contribution in [-0.4, -0.2) is 25.1 Å². The summed E-state index contributed by atoms with van der Waals surface area (Å²) in [6.07, 6.45) is 2.56. The van der Waals surface area contributed by atoms with E-state index in [0.29, 0.717) is 6.04 Å². The lowest BCUT2D eigenvalue weighted by atomic mass is 10.1. The molecule has 4 unspecified atom stereocenters. The van der Waals surface area contributed by atoms with Crippen LogP contribution >= 0.6 is 0 Å². The number of hydrogen-bond acceptors (Lipinski definition) is 1. The maximum Gasteiger partial charge on any atom is 0.191 e. The molecule has 20 heavy (non-hydrogen) atoms. The van der Waals surface area contributed by atoms with Crippen LogP contribution in [0.2, 0.25) is 0 Å². The quantitative estimate of drug-likeness (QED) is 0.638. The minimum absolute atomic E-state index is 0.636. The molecule has 0 aliphatic heterocycles. The van der Waals surface area contributed by atoms with Crippen LogP contribution in [0.15, 0.2) is 35.3 Å². The van der Waals surface area contributed by atoms with Crippen molar-refractivity contribution in [2.75, 3.05) is 13.1 Å². The second-order valence-electron chi connectivity index (χ2n) is 6.20. The first-order valence-electron chi connectivity index (χ1n) is 7.87. The molecule has 3 heteroatoms. The van der Waals surface area contributed by atoms with Crippen LogP contribution in [0.25, 0.3) is 0 Å². The highest BCUT2D eigenvalue weighted by atomic mass is 15.2. The van der Waals surface area contributed by atoms with E-state index < -0.39 is 0 Å². The summed E-state index contributed by atoms with van der Waals surface area (Å²) in [4.78, 5) is 4.76. The van der Waals surface area contributed by atoms with Gasteiger partial charge in [-0.2, -0.15) is 0 Å². The molecule has 2 fully saturated rings. The molecule has 0 spiro atoms. The lowest BCUT2D eigenvalue weighted by Crippen LogP contribution is -2.39. The molecule has 2 N–H and O–H groups in total. The van der Waals surface area contributed by atoms with Crippen molar-refractivity contribution in [3.63, 3.8) is 0 Å². The van der Waals surface area contributed by atoms with E-state index in [9.17, 15) is 0 Å². The zero-order valence-corrected chi connectivity index (χ0v) is 12.5. The van der Waals surface area contributed by atoms with E-state index in [2.05, 4.69) is 54.8 Å². The second kappa shape index (κ2) is 5.86. The van der Waals surface area contributed by atoms with Crippen molar-refractivity contribution in [3.8, 4) is 0 Å². The predicted molar refractivity (Wildman–Crippen MR) is 84.0 cm³/mol. The van der Waals surface area contributed by atoms with Gasteiger partial charge < -0.3 is 10.6 Å². The van der Waals surface area contributed by atoms with Gasteiger partial charge in [0.05, 0.1) is 0 Å². The predicted octanol–water partition coefficient (Wildman–Crippen LogP) is 2.75. The summed E-state index contributed by atoms with van der Waals surface area (Å²) in [6, 6.07) is 11.5. The molecule has 3 rings (SSSR count). The van der Waals surface area contributed by atoms with E-state index in [0.717, 1.165) is 36.8 Å². The fraction of sp³-hybridized carbons (Fsp3) is 0.588. The minimum atomic E-state index is 0.636. The van der Waals surface area contributed by atoms with E-state index in [-0.39, 0.29) is 0 Å². The number of hydrogen-bond donors (Lipinski definition) is 2. The summed E-state index contributed by atoms with van der Waals surface area (Å²) in [6.45, 7) is 6.28. The third-order valence-electron chi connectivity index (χ3n) is 4.41. The Morgan fingerprint density at radius 2 is 2.00 bits per heavy atom. The van der Waals surface area contributed by atoms with E-state index >= 15 is 0 Å². The number of guanidine groups is 1. The lowest BCUT2D eigenvalue weighted by Gasteiger charge is -2.10. The van der Waals surface area contributed by atoms with Gasteiger partial charge in [-0.05, 0) is 43.1 Å². The first-order chi connectivity index (χ1) is 9.78. The van der Waals surface area contributed by atoms with Gasteiger partial charge in [-0.1, -0.05) is 37.3 Å². The molecule has 1 aromatic carbocycles. The van der Waals surface area contributed by atoms with Crippen molar-refractivity contribution < 1.29 is 0 Å². The Hall–Kier alpha value is -1.51. The van der Waals surface area contributed by atoms with Gasteiger partial charge in [0.15, 0.2) is 5.96 Å². The molecule has 2 saturated carbocycles. The third kappa shape index (κ3) is 3.33. The van der Waals surface area contributed by atoms with Gasteiger partial charge in [0.1, 0.15) is 0 Å². The summed E-state index contributed by atoms with van der Waals surface area (Å²) in [5.74, 6) is 3.25. The van der Waals surface area contributed by atoms with Crippen LogP contribution in [0.5, 0.6) is 0 Å². The zero-order valence-electron chi connectivity index (χ0n) is 12.5. The standard InChI is InChI=1S/C17H25N3/c1-3-18-17(20-16-9-12(16)2)19-11-14-10-15(14)13-7-5-4-6-8-13/h4-8,12,14-16H,3,9-11H2,1-2H3,(H2,18,19,20). The van der Waals surface area contributed by atoms with Gasteiger partial charge in [0.2, 0.25) is 0 Å². The highest BCUT2D eigenvalue weighted by molar-refractivity contribution is 5.80. The number of nitrogens with one attached hydrogen (secondary N) is 2. The van der Waals surface area contributed by atoms with E-state index in [1.165, 1.54) is 18.4 Å². The number of rotatable bonds is 5. The van der Waals surface area contributed by atoms with Crippen LogP contribution in [0.4, 0.5) is 0 Å². The maximum atomic E-state index is 4.76. The largest absolute Gasteiger partial charge is 0.357 e. The average Bonchev–Trinajstić information content (AvgIpc) is 3.36. The van der Waals surface area contributed by atoms with Gasteiger partial charge in [-0.3, -0.25) is 4.99 Å².